The lowest BCUT2D eigenvalue weighted by Crippen LogP contribution is -2.48. The number of carbonyl (C=O) groups is 2. The summed E-state index contributed by atoms with van der Waals surface area (Å²) >= 11 is 6.05. The van der Waals surface area contributed by atoms with Gasteiger partial charge in [0.25, 0.3) is 5.91 Å². The Bertz CT molecular complexity index is 564. The van der Waals surface area contributed by atoms with Crippen LogP contribution < -0.4 is 5.32 Å². The van der Waals surface area contributed by atoms with E-state index in [0.717, 1.165) is 38.8 Å². The Hall–Kier alpha value is -1.55. The average Bonchev–Trinajstić information content (AvgIpc) is 2.46. The normalized spacial score (nSPS) is 19.6. The van der Waals surface area contributed by atoms with Crippen molar-refractivity contribution in [1.29, 1.82) is 0 Å². The van der Waals surface area contributed by atoms with E-state index in [9.17, 15) is 9.59 Å². The van der Waals surface area contributed by atoms with Gasteiger partial charge in [-0.3, -0.25) is 9.59 Å². The molecule has 1 N–H and O–H groups in total. The molecule has 5 heteroatoms. The highest BCUT2D eigenvalue weighted by Crippen LogP contribution is 2.29. The minimum absolute atomic E-state index is 0.120. The SMILES string of the molecule is O=C(NC1CCN(C(=O)C2CCC2)CC1)c1ccccc1Cl. The van der Waals surface area contributed by atoms with Gasteiger partial charge in [-0.1, -0.05) is 30.2 Å². The fourth-order valence-corrected chi connectivity index (χ4v) is 3.29. The van der Waals surface area contributed by atoms with Crippen LogP contribution in [0.3, 0.4) is 0 Å². The van der Waals surface area contributed by atoms with Crippen molar-refractivity contribution in [2.24, 2.45) is 5.92 Å². The number of hydrogen-bond acceptors (Lipinski definition) is 2. The lowest BCUT2D eigenvalue weighted by atomic mass is 9.84. The Morgan fingerprint density at radius 3 is 2.36 bits per heavy atom. The summed E-state index contributed by atoms with van der Waals surface area (Å²) in [5.74, 6) is 0.436. The molecule has 1 saturated heterocycles. The molecule has 0 radical (unpaired) electrons. The molecule has 2 amide bonds. The summed E-state index contributed by atoms with van der Waals surface area (Å²) in [5.41, 5.74) is 0.511. The molecule has 1 aromatic rings. The zero-order valence-corrected chi connectivity index (χ0v) is 13.3. The zero-order chi connectivity index (χ0) is 15.5. The highest BCUT2D eigenvalue weighted by Gasteiger charge is 2.32. The van der Waals surface area contributed by atoms with E-state index in [-0.39, 0.29) is 17.9 Å². The lowest BCUT2D eigenvalue weighted by molar-refractivity contribution is -0.139. The molecule has 4 nitrogen and oxygen atoms in total. The van der Waals surface area contributed by atoms with E-state index in [1.165, 1.54) is 6.42 Å². The van der Waals surface area contributed by atoms with Crippen LogP contribution in [0.25, 0.3) is 0 Å². The molecular weight excluding hydrogens is 300 g/mol. The van der Waals surface area contributed by atoms with E-state index in [1.54, 1.807) is 18.2 Å². The quantitative estimate of drug-likeness (QED) is 0.931. The van der Waals surface area contributed by atoms with Crippen molar-refractivity contribution in [2.45, 2.75) is 38.1 Å². The van der Waals surface area contributed by atoms with Gasteiger partial charge < -0.3 is 10.2 Å². The second-order valence-corrected chi connectivity index (χ2v) is 6.59. The van der Waals surface area contributed by atoms with Gasteiger partial charge >= 0.3 is 0 Å². The van der Waals surface area contributed by atoms with Crippen molar-refractivity contribution in [2.75, 3.05) is 13.1 Å². The molecule has 2 aliphatic rings. The van der Waals surface area contributed by atoms with E-state index in [1.807, 2.05) is 11.0 Å². The molecule has 0 bridgehead atoms. The first-order valence-corrected chi connectivity index (χ1v) is 8.37. The number of halogens is 1. The number of hydrogen-bond donors (Lipinski definition) is 1. The number of nitrogens with zero attached hydrogens (tertiary/aromatic N) is 1. The van der Waals surface area contributed by atoms with Gasteiger partial charge in [-0.15, -0.1) is 0 Å². The van der Waals surface area contributed by atoms with Gasteiger partial charge in [0, 0.05) is 25.0 Å². The van der Waals surface area contributed by atoms with Crippen molar-refractivity contribution >= 4 is 23.4 Å². The Morgan fingerprint density at radius 1 is 1.09 bits per heavy atom. The average molecular weight is 321 g/mol. The van der Waals surface area contributed by atoms with Gasteiger partial charge in [0.15, 0.2) is 0 Å². The summed E-state index contributed by atoms with van der Waals surface area (Å²) in [4.78, 5) is 26.4. The minimum Gasteiger partial charge on any atom is -0.349 e. The van der Waals surface area contributed by atoms with Crippen LogP contribution in [0.15, 0.2) is 24.3 Å². The number of rotatable bonds is 3. The smallest absolute Gasteiger partial charge is 0.253 e. The summed E-state index contributed by atoms with van der Waals surface area (Å²) in [7, 11) is 0. The van der Waals surface area contributed by atoms with Gasteiger partial charge in [0.2, 0.25) is 5.91 Å². The van der Waals surface area contributed by atoms with E-state index in [0.29, 0.717) is 16.5 Å². The van der Waals surface area contributed by atoms with Crippen LogP contribution in [-0.2, 0) is 4.79 Å². The zero-order valence-electron chi connectivity index (χ0n) is 12.6. The summed E-state index contributed by atoms with van der Waals surface area (Å²) in [6.45, 7) is 1.48. The first-order valence-electron chi connectivity index (χ1n) is 7.99. The van der Waals surface area contributed by atoms with E-state index in [2.05, 4.69) is 5.32 Å². The van der Waals surface area contributed by atoms with Crippen LogP contribution in [0.2, 0.25) is 5.02 Å². The maximum Gasteiger partial charge on any atom is 0.253 e. The first-order chi connectivity index (χ1) is 10.6. The standard InChI is InChI=1S/C17H21ClN2O2/c18-15-7-2-1-6-14(15)16(21)19-13-8-10-20(11-9-13)17(22)12-4-3-5-12/h1-2,6-7,12-13H,3-5,8-11H2,(H,19,21). The summed E-state index contributed by atoms with van der Waals surface area (Å²) in [5, 5.41) is 3.50. The fraction of sp³-hybridized carbons (Fsp3) is 0.529. The molecule has 3 rings (SSSR count). The van der Waals surface area contributed by atoms with Crippen LogP contribution in [-0.4, -0.2) is 35.8 Å². The van der Waals surface area contributed by atoms with Crippen molar-refractivity contribution < 1.29 is 9.59 Å². The van der Waals surface area contributed by atoms with E-state index >= 15 is 0 Å². The van der Waals surface area contributed by atoms with E-state index < -0.39 is 0 Å². The number of piperidine rings is 1. The van der Waals surface area contributed by atoms with Gasteiger partial charge in [0.05, 0.1) is 10.6 Å². The predicted octanol–water partition coefficient (Wildman–Crippen LogP) is 2.86. The molecule has 118 valence electrons. The summed E-state index contributed by atoms with van der Waals surface area (Å²) < 4.78 is 0. The Balaban J connectivity index is 1.50. The molecular formula is C17H21ClN2O2. The Labute approximate surface area is 135 Å². The van der Waals surface area contributed by atoms with Crippen LogP contribution in [0.4, 0.5) is 0 Å². The number of carbonyl (C=O) groups excluding carboxylic acids is 2. The molecule has 0 aromatic heterocycles. The van der Waals surface area contributed by atoms with Crippen LogP contribution >= 0.6 is 11.6 Å². The highest BCUT2D eigenvalue weighted by atomic mass is 35.5. The van der Waals surface area contributed by atoms with Crippen molar-refractivity contribution in [1.82, 2.24) is 10.2 Å². The van der Waals surface area contributed by atoms with Gasteiger partial charge in [-0.25, -0.2) is 0 Å². The molecule has 1 saturated carbocycles. The molecule has 0 spiro atoms. The fourth-order valence-electron chi connectivity index (χ4n) is 3.07. The van der Waals surface area contributed by atoms with Crippen LogP contribution in [0, 0.1) is 5.92 Å². The molecule has 1 aromatic carbocycles. The number of amides is 2. The predicted molar refractivity (Wildman–Crippen MR) is 85.9 cm³/mol. The summed E-state index contributed by atoms with van der Waals surface area (Å²) in [6.07, 6.45) is 4.90. The highest BCUT2D eigenvalue weighted by molar-refractivity contribution is 6.33. The first kappa shape index (κ1) is 15.3. The van der Waals surface area contributed by atoms with Crippen LogP contribution in [0.5, 0.6) is 0 Å². The number of benzene rings is 1. The second-order valence-electron chi connectivity index (χ2n) is 6.18. The van der Waals surface area contributed by atoms with E-state index in [4.69, 9.17) is 11.6 Å². The molecule has 2 fully saturated rings. The maximum atomic E-state index is 12.2. The topological polar surface area (TPSA) is 49.4 Å². The van der Waals surface area contributed by atoms with Crippen molar-refractivity contribution in [3.8, 4) is 0 Å². The van der Waals surface area contributed by atoms with Crippen molar-refractivity contribution in [3.63, 3.8) is 0 Å². The van der Waals surface area contributed by atoms with Crippen LogP contribution in [0.1, 0.15) is 42.5 Å². The van der Waals surface area contributed by atoms with Gasteiger partial charge in [0.1, 0.15) is 0 Å². The summed E-state index contributed by atoms with van der Waals surface area (Å²) in [6, 6.07) is 7.18. The maximum absolute atomic E-state index is 12.2. The largest absolute Gasteiger partial charge is 0.349 e. The number of nitrogens with one attached hydrogen (secondary N) is 1. The minimum atomic E-state index is -0.130. The molecule has 0 atom stereocenters. The third-order valence-electron chi connectivity index (χ3n) is 4.71. The van der Waals surface area contributed by atoms with Gasteiger partial charge in [-0.05, 0) is 37.8 Å². The second kappa shape index (κ2) is 6.69. The molecule has 1 aliphatic carbocycles. The molecule has 0 unspecified atom stereocenters. The Morgan fingerprint density at radius 2 is 1.77 bits per heavy atom. The Kier molecular flexibility index (Phi) is 4.67. The van der Waals surface area contributed by atoms with Crippen molar-refractivity contribution in [3.05, 3.63) is 34.9 Å². The molecule has 22 heavy (non-hydrogen) atoms. The molecule has 1 aliphatic heterocycles. The third-order valence-corrected chi connectivity index (χ3v) is 5.04. The van der Waals surface area contributed by atoms with Gasteiger partial charge in [-0.2, -0.15) is 0 Å². The monoisotopic (exact) mass is 320 g/mol. The lowest BCUT2D eigenvalue weighted by Gasteiger charge is -2.36. The molecule has 1 heterocycles. The number of likely N-dealkylation sites (tertiary alicyclic amines) is 1. The third kappa shape index (κ3) is 3.27.